The number of hydrogen-bond acceptors (Lipinski definition) is 3. The first kappa shape index (κ1) is 9.82. The molecule has 1 atom stereocenters. The van der Waals surface area contributed by atoms with E-state index in [9.17, 15) is 0 Å². The van der Waals surface area contributed by atoms with Gasteiger partial charge in [0.15, 0.2) is 0 Å². The van der Waals surface area contributed by atoms with E-state index in [1.165, 1.54) is 24.2 Å². The van der Waals surface area contributed by atoms with Crippen LogP contribution in [-0.4, -0.2) is 19.2 Å². The summed E-state index contributed by atoms with van der Waals surface area (Å²) in [7, 11) is 1.71. The molecule has 0 amide bonds. The lowest BCUT2D eigenvalue weighted by atomic mass is 9.92. The third-order valence-corrected chi connectivity index (χ3v) is 3.77. The molecule has 0 saturated heterocycles. The molecule has 1 aliphatic heterocycles. The number of hydrogen-bond donors (Lipinski definition) is 2. The average molecular weight is 218 g/mol. The van der Waals surface area contributed by atoms with Crippen LogP contribution in [0.1, 0.15) is 19.8 Å². The van der Waals surface area contributed by atoms with E-state index >= 15 is 0 Å². The number of rotatable bonds is 2. The van der Waals surface area contributed by atoms with E-state index in [0.29, 0.717) is 0 Å². The highest BCUT2D eigenvalue weighted by atomic mass is 16.5. The van der Waals surface area contributed by atoms with Crippen molar-refractivity contribution in [2.45, 2.75) is 25.3 Å². The quantitative estimate of drug-likeness (QED) is 0.800. The van der Waals surface area contributed by atoms with Crippen molar-refractivity contribution < 1.29 is 4.74 Å². The van der Waals surface area contributed by atoms with Crippen LogP contribution < -0.4 is 15.4 Å². The molecule has 1 fully saturated rings. The maximum atomic E-state index is 5.26. The Morgan fingerprint density at radius 1 is 1.31 bits per heavy atom. The Kier molecular flexibility index (Phi) is 2.03. The van der Waals surface area contributed by atoms with Gasteiger partial charge < -0.3 is 15.4 Å². The number of nitrogens with one attached hydrogen (secondary N) is 2. The first-order valence-electron chi connectivity index (χ1n) is 5.91. The molecule has 2 aliphatic rings. The Bertz CT molecular complexity index is 414. The number of anilines is 2. The van der Waals surface area contributed by atoms with Crippen molar-refractivity contribution in [1.29, 1.82) is 0 Å². The molecule has 1 aliphatic carbocycles. The highest BCUT2D eigenvalue weighted by molar-refractivity contribution is 5.74. The van der Waals surface area contributed by atoms with Gasteiger partial charge in [-0.1, -0.05) is 0 Å². The lowest BCUT2D eigenvalue weighted by molar-refractivity contribution is 0.414. The first-order chi connectivity index (χ1) is 7.71. The zero-order chi connectivity index (χ0) is 11.2. The van der Waals surface area contributed by atoms with Gasteiger partial charge in [-0.3, -0.25) is 0 Å². The SMILES string of the molecule is COc1ccc2c(c1)NC(C)(C1CC1)CN2. The van der Waals surface area contributed by atoms with Crippen LogP contribution in [-0.2, 0) is 0 Å². The Labute approximate surface area is 96.2 Å². The average Bonchev–Trinajstić information content (AvgIpc) is 3.12. The predicted molar refractivity (Wildman–Crippen MR) is 66.2 cm³/mol. The second kappa shape index (κ2) is 3.30. The summed E-state index contributed by atoms with van der Waals surface area (Å²) in [6, 6.07) is 6.14. The summed E-state index contributed by atoms with van der Waals surface area (Å²) < 4.78 is 5.26. The molecule has 1 heterocycles. The molecule has 16 heavy (non-hydrogen) atoms. The number of benzene rings is 1. The zero-order valence-corrected chi connectivity index (χ0v) is 9.84. The molecule has 0 spiro atoms. The van der Waals surface area contributed by atoms with Gasteiger partial charge in [0, 0.05) is 12.6 Å². The van der Waals surface area contributed by atoms with Crippen molar-refractivity contribution in [3.05, 3.63) is 18.2 Å². The second-order valence-corrected chi connectivity index (χ2v) is 5.08. The Hall–Kier alpha value is -1.38. The lowest BCUT2D eigenvalue weighted by Crippen LogP contribution is -2.47. The van der Waals surface area contributed by atoms with Gasteiger partial charge in [-0.05, 0) is 37.8 Å². The van der Waals surface area contributed by atoms with Crippen molar-refractivity contribution >= 4 is 11.4 Å². The number of fused-ring (bicyclic) bond motifs is 1. The smallest absolute Gasteiger partial charge is 0.121 e. The van der Waals surface area contributed by atoms with Crippen LogP contribution in [0, 0.1) is 5.92 Å². The minimum atomic E-state index is 0.208. The van der Waals surface area contributed by atoms with Crippen LogP contribution in [0.5, 0.6) is 5.75 Å². The van der Waals surface area contributed by atoms with Crippen LogP contribution in [0.25, 0.3) is 0 Å². The molecule has 0 aromatic heterocycles. The fourth-order valence-electron chi connectivity index (χ4n) is 2.51. The van der Waals surface area contributed by atoms with Crippen LogP contribution >= 0.6 is 0 Å². The van der Waals surface area contributed by atoms with E-state index in [1.54, 1.807) is 7.11 Å². The van der Waals surface area contributed by atoms with Gasteiger partial charge in [0.05, 0.1) is 24.0 Å². The third kappa shape index (κ3) is 1.51. The summed E-state index contributed by atoms with van der Waals surface area (Å²) in [5.41, 5.74) is 2.55. The molecule has 1 aromatic rings. The summed E-state index contributed by atoms with van der Waals surface area (Å²) in [5, 5.41) is 7.18. The van der Waals surface area contributed by atoms with Crippen LogP contribution in [0.3, 0.4) is 0 Å². The van der Waals surface area contributed by atoms with Crippen LogP contribution in [0.15, 0.2) is 18.2 Å². The fraction of sp³-hybridized carbons (Fsp3) is 0.538. The predicted octanol–water partition coefficient (Wildman–Crippen LogP) is 2.70. The van der Waals surface area contributed by atoms with E-state index in [0.717, 1.165) is 18.2 Å². The van der Waals surface area contributed by atoms with Crippen molar-refractivity contribution in [2.24, 2.45) is 5.92 Å². The summed E-state index contributed by atoms with van der Waals surface area (Å²) in [6.07, 6.45) is 2.70. The van der Waals surface area contributed by atoms with Gasteiger partial charge in [-0.25, -0.2) is 0 Å². The Morgan fingerprint density at radius 3 is 2.81 bits per heavy atom. The standard InChI is InChI=1S/C13H18N2O/c1-13(9-3-4-9)8-14-11-6-5-10(16-2)7-12(11)15-13/h5-7,9,14-15H,3-4,8H2,1-2H3. The van der Waals surface area contributed by atoms with E-state index in [-0.39, 0.29) is 5.54 Å². The maximum absolute atomic E-state index is 5.26. The van der Waals surface area contributed by atoms with Crippen molar-refractivity contribution in [1.82, 2.24) is 0 Å². The second-order valence-electron chi connectivity index (χ2n) is 5.08. The van der Waals surface area contributed by atoms with Gasteiger partial charge in [-0.2, -0.15) is 0 Å². The summed E-state index contributed by atoms with van der Waals surface area (Å²) >= 11 is 0. The van der Waals surface area contributed by atoms with E-state index in [4.69, 9.17) is 4.74 Å². The molecule has 1 aromatic carbocycles. The van der Waals surface area contributed by atoms with Gasteiger partial charge in [0.25, 0.3) is 0 Å². The van der Waals surface area contributed by atoms with Crippen LogP contribution in [0.2, 0.25) is 0 Å². The summed E-state index contributed by atoms with van der Waals surface area (Å²) in [6.45, 7) is 3.32. The molecule has 0 radical (unpaired) electrons. The van der Waals surface area contributed by atoms with Gasteiger partial charge in [-0.15, -0.1) is 0 Å². The number of methoxy groups -OCH3 is 1. The van der Waals surface area contributed by atoms with Crippen molar-refractivity contribution in [3.63, 3.8) is 0 Å². The molecule has 0 bridgehead atoms. The molecule has 3 rings (SSSR count). The topological polar surface area (TPSA) is 33.3 Å². The third-order valence-electron chi connectivity index (χ3n) is 3.77. The number of ether oxygens (including phenoxy) is 1. The maximum Gasteiger partial charge on any atom is 0.121 e. The monoisotopic (exact) mass is 218 g/mol. The largest absolute Gasteiger partial charge is 0.497 e. The van der Waals surface area contributed by atoms with Crippen LogP contribution in [0.4, 0.5) is 11.4 Å². The normalized spacial score (nSPS) is 27.6. The van der Waals surface area contributed by atoms with E-state index < -0.39 is 0 Å². The zero-order valence-electron chi connectivity index (χ0n) is 9.84. The molecule has 86 valence electrons. The molecule has 1 unspecified atom stereocenters. The van der Waals surface area contributed by atoms with Crippen molar-refractivity contribution in [3.8, 4) is 5.75 Å². The molecular formula is C13H18N2O. The van der Waals surface area contributed by atoms with Crippen molar-refractivity contribution in [2.75, 3.05) is 24.3 Å². The minimum Gasteiger partial charge on any atom is -0.497 e. The summed E-state index contributed by atoms with van der Waals surface area (Å²) in [5.74, 6) is 1.73. The van der Waals surface area contributed by atoms with Gasteiger partial charge in [0.2, 0.25) is 0 Å². The molecule has 1 saturated carbocycles. The Morgan fingerprint density at radius 2 is 2.12 bits per heavy atom. The van der Waals surface area contributed by atoms with E-state index in [1.807, 2.05) is 6.07 Å². The highest BCUT2D eigenvalue weighted by Crippen LogP contribution is 2.45. The van der Waals surface area contributed by atoms with E-state index in [2.05, 4.69) is 29.7 Å². The minimum absolute atomic E-state index is 0.208. The molecule has 3 heteroatoms. The molecule has 2 N–H and O–H groups in total. The van der Waals surface area contributed by atoms with Gasteiger partial charge >= 0.3 is 0 Å². The summed E-state index contributed by atoms with van der Waals surface area (Å²) in [4.78, 5) is 0. The van der Waals surface area contributed by atoms with Gasteiger partial charge in [0.1, 0.15) is 5.75 Å². The first-order valence-corrected chi connectivity index (χ1v) is 5.91. The fourth-order valence-corrected chi connectivity index (χ4v) is 2.51. The lowest BCUT2D eigenvalue weighted by Gasteiger charge is -2.38. The molecule has 3 nitrogen and oxygen atoms in total. The molecular weight excluding hydrogens is 200 g/mol. The highest BCUT2D eigenvalue weighted by Gasteiger charge is 2.43. The Balaban J connectivity index is 1.91.